The van der Waals surface area contributed by atoms with Crippen molar-refractivity contribution in [3.8, 4) is 23.0 Å². The highest BCUT2D eigenvalue weighted by Gasteiger charge is 2.42. The van der Waals surface area contributed by atoms with Crippen LogP contribution in [0.1, 0.15) is 18.2 Å². The van der Waals surface area contributed by atoms with Crippen LogP contribution in [0.25, 0.3) is 11.3 Å². The molecular formula is C22H20F3N5O4. The van der Waals surface area contributed by atoms with Gasteiger partial charge in [0, 0.05) is 42.3 Å². The van der Waals surface area contributed by atoms with Crippen molar-refractivity contribution in [2.75, 3.05) is 13.1 Å². The third-order valence-electron chi connectivity index (χ3n) is 5.83. The first-order valence-electron chi connectivity index (χ1n) is 10.6. The monoisotopic (exact) mass is 475 g/mol. The van der Waals surface area contributed by atoms with Gasteiger partial charge in [0.2, 0.25) is 0 Å². The third-order valence-corrected chi connectivity index (χ3v) is 5.83. The number of hydrogen-bond acceptors (Lipinski definition) is 7. The zero-order valence-electron chi connectivity index (χ0n) is 18.1. The molecule has 5 rings (SSSR count). The van der Waals surface area contributed by atoms with E-state index in [9.17, 15) is 23.3 Å². The summed E-state index contributed by atoms with van der Waals surface area (Å²) in [5.41, 5.74) is 1.93. The summed E-state index contributed by atoms with van der Waals surface area (Å²) in [5, 5.41) is 10.9. The number of pyridine rings is 1. The van der Waals surface area contributed by atoms with Crippen molar-refractivity contribution in [3.63, 3.8) is 0 Å². The second-order valence-electron chi connectivity index (χ2n) is 8.63. The smallest absolute Gasteiger partial charge is 0.436 e. The topological polar surface area (TPSA) is 95.6 Å². The van der Waals surface area contributed by atoms with Crippen molar-refractivity contribution in [1.29, 1.82) is 0 Å². The number of alkyl halides is 3. The number of rotatable bonds is 5. The number of nitro groups is 1. The molecule has 1 aromatic carbocycles. The summed E-state index contributed by atoms with van der Waals surface area (Å²) < 4.78 is 50.1. The average molecular weight is 475 g/mol. The van der Waals surface area contributed by atoms with Crippen LogP contribution in [0.5, 0.6) is 11.8 Å². The van der Waals surface area contributed by atoms with Crippen LogP contribution in [0.15, 0.2) is 42.6 Å². The Hall–Kier alpha value is -3.67. The molecule has 0 amide bonds. The molecule has 4 heterocycles. The molecule has 0 N–H and O–H groups in total. The Morgan fingerprint density at radius 1 is 1.24 bits per heavy atom. The maximum Gasteiger partial charge on any atom is 0.573 e. The van der Waals surface area contributed by atoms with Gasteiger partial charge in [-0.3, -0.25) is 14.5 Å². The number of imidazole rings is 1. The van der Waals surface area contributed by atoms with Gasteiger partial charge in [-0.1, -0.05) is 18.2 Å². The number of fused-ring (bicyclic) bond motifs is 2. The molecule has 0 radical (unpaired) electrons. The quantitative estimate of drug-likeness (QED) is 0.407. The number of para-hydroxylation sites is 1. The number of aromatic nitrogens is 3. The minimum Gasteiger partial charge on any atom is -0.436 e. The van der Waals surface area contributed by atoms with Crippen LogP contribution in [0.2, 0.25) is 0 Å². The van der Waals surface area contributed by atoms with E-state index in [1.807, 2.05) is 13.0 Å². The Bertz CT molecular complexity index is 1240. The second kappa shape index (κ2) is 7.97. The van der Waals surface area contributed by atoms with E-state index >= 15 is 0 Å². The van der Waals surface area contributed by atoms with Crippen molar-refractivity contribution in [3.05, 3.63) is 64.0 Å². The van der Waals surface area contributed by atoms with Crippen molar-refractivity contribution in [1.82, 2.24) is 19.4 Å². The lowest BCUT2D eigenvalue weighted by Gasteiger charge is -2.34. The van der Waals surface area contributed by atoms with Crippen LogP contribution in [0.3, 0.4) is 0 Å². The first-order valence-corrected chi connectivity index (χ1v) is 10.6. The highest BCUT2D eigenvalue weighted by atomic mass is 19.4. The predicted molar refractivity (Wildman–Crippen MR) is 113 cm³/mol. The van der Waals surface area contributed by atoms with Gasteiger partial charge in [0.25, 0.3) is 0 Å². The summed E-state index contributed by atoms with van der Waals surface area (Å²) in [6.45, 7) is 4.24. The number of nitrogens with zero attached hydrogens (tertiary/aromatic N) is 5. The summed E-state index contributed by atoms with van der Waals surface area (Å²) in [6, 6.07) is 9.76. The van der Waals surface area contributed by atoms with Gasteiger partial charge in [0.1, 0.15) is 17.5 Å². The first kappa shape index (κ1) is 22.1. The van der Waals surface area contributed by atoms with Gasteiger partial charge in [0.05, 0.1) is 12.2 Å². The van der Waals surface area contributed by atoms with Gasteiger partial charge < -0.3 is 19.6 Å². The first-order chi connectivity index (χ1) is 16.1. The minimum absolute atomic E-state index is 0.234. The summed E-state index contributed by atoms with van der Waals surface area (Å²) in [5.74, 6) is -0.531. The van der Waals surface area contributed by atoms with E-state index in [2.05, 4.69) is 19.6 Å². The normalized spacial score (nSPS) is 19.9. The largest absolute Gasteiger partial charge is 0.573 e. The number of benzene rings is 1. The Morgan fingerprint density at radius 2 is 2.03 bits per heavy atom. The molecule has 34 heavy (non-hydrogen) atoms. The van der Waals surface area contributed by atoms with Crippen molar-refractivity contribution < 1.29 is 27.6 Å². The Kier molecular flexibility index (Phi) is 5.19. The average Bonchev–Trinajstić information content (AvgIpc) is 3.28. The lowest BCUT2D eigenvalue weighted by molar-refractivity contribution is -0.389. The number of hydrogen-bond donors (Lipinski definition) is 0. The lowest BCUT2D eigenvalue weighted by Crippen LogP contribution is -2.46. The fourth-order valence-corrected chi connectivity index (χ4v) is 4.49. The highest BCUT2D eigenvalue weighted by molar-refractivity contribution is 5.67. The molecule has 0 fully saturated rings. The van der Waals surface area contributed by atoms with E-state index < -0.39 is 16.9 Å². The van der Waals surface area contributed by atoms with Crippen LogP contribution in [-0.2, 0) is 19.5 Å². The van der Waals surface area contributed by atoms with Crippen molar-refractivity contribution in [2.24, 2.45) is 0 Å². The molecular weight excluding hydrogens is 455 g/mol. The molecule has 0 aliphatic carbocycles. The van der Waals surface area contributed by atoms with Crippen LogP contribution in [-0.4, -0.2) is 49.4 Å². The van der Waals surface area contributed by atoms with Crippen LogP contribution in [0, 0.1) is 10.1 Å². The molecule has 9 nitrogen and oxygen atoms in total. The molecule has 178 valence electrons. The SMILES string of the molecule is CC1(CN2CCc3nc(-c4ccccc4OC(F)(F)F)ccc3C2)Cn2cc([N+](=O)[O-])nc2O1. The minimum atomic E-state index is -4.79. The molecule has 3 aromatic rings. The Labute approximate surface area is 191 Å². The number of halogens is 3. The van der Waals surface area contributed by atoms with E-state index in [4.69, 9.17) is 4.74 Å². The van der Waals surface area contributed by atoms with Gasteiger partial charge in [-0.15, -0.1) is 13.2 Å². The molecule has 0 saturated heterocycles. The molecule has 0 saturated carbocycles. The molecule has 2 aliphatic heterocycles. The van der Waals surface area contributed by atoms with Gasteiger partial charge in [-0.05, 0) is 35.6 Å². The van der Waals surface area contributed by atoms with Crippen molar-refractivity contribution in [2.45, 2.75) is 38.4 Å². The van der Waals surface area contributed by atoms with Gasteiger partial charge >= 0.3 is 18.2 Å². The predicted octanol–water partition coefficient (Wildman–Crippen LogP) is 3.96. The zero-order valence-corrected chi connectivity index (χ0v) is 18.1. The summed E-state index contributed by atoms with van der Waals surface area (Å²) in [7, 11) is 0. The number of ether oxygens (including phenoxy) is 2. The van der Waals surface area contributed by atoms with Crippen LogP contribution < -0.4 is 9.47 Å². The Morgan fingerprint density at radius 3 is 2.76 bits per heavy atom. The molecule has 12 heteroatoms. The fraction of sp³-hybridized carbons (Fsp3) is 0.364. The lowest BCUT2D eigenvalue weighted by atomic mass is 10.00. The summed E-state index contributed by atoms with van der Waals surface area (Å²) >= 11 is 0. The molecule has 1 unspecified atom stereocenters. The van der Waals surface area contributed by atoms with E-state index in [-0.39, 0.29) is 23.1 Å². The van der Waals surface area contributed by atoms with Crippen molar-refractivity contribution >= 4 is 5.82 Å². The molecule has 2 aliphatic rings. The third kappa shape index (κ3) is 4.40. The molecule has 0 bridgehead atoms. The second-order valence-corrected chi connectivity index (χ2v) is 8.63. The van der Waals surface area contributed by atoms with Gasteiger partial charge in [-0.25, -0.2) is 0 Å². The maximum absolute atomic E-state index is 12.8. The Balaban J connectivity index is 1.29. The molecule has 1 atom stereocenters. The van der Waals surface area contributed by atoms with E-state index in [1.165, 1.54) is 18.3 Å². The molecule has 0 spiro atoms. The molecule has 2 aromatic heterocycles. The maximum atomic E-state index is 12.8. The fourth-order valence-electron chi connectivity index (χ4n) is 4.49. The van der Waals surface area contributed by atoms with Crippen LogP contribution >= 0.6 is 0 Å². The highest BCUT2D eigenvalue weighted by Crippen LogP contribution is 2.35. The van der Waals surface area contributed by atoms with Crippen LogP contribution in [0.4, 0.5) is 19.0 Å². The van der Waals surface area contributed by atoms with Gasteiger partial charge in [-0.2, -0.15) is 0 Å². The van der Waals surface area contributed by atoms with Gasteiger partial charge in [0.15, 0.2) is 0 Å². The van der Waals surface area contributed by atoms with E-state index in [0.29, 0.717) is 38.3 Å². The van der Waals surface area contributed by atoms with E-state index in [0.717, 1.165) is 11.3 Å². The van der Waals surface area contributed by atoms with E-state index in [1.54, 1.807) is 22.8 Å². The summed E-state index contributed by atoms with van der Waals surface area (Å²) in [4.78, 5) is 21.1. The summed E-state index contributed by atoms with van der Waals surface area (Å²) in [6.07, 6.45) is -2.79. The standard InChI is InChI=1S/C22H20F3N5O4/c1-21(13-29-11-19(30(31)32)27-20(29)34-21)12-28-9-8-16-14(10-28)6-7-17(26-16)15-4-2-3-5-18(15)33-22(23,24)25/h2-7,11H,8-10,12-13H2,1H3. The zero-order chi connectivity index (χ0) is 24.1.